The maximum absolute atomic E-state index is 12.3. The molecule has 0 aliphatic carbocycles. The number of aromatic nitrogens is 3. The van der Waals surface area contributed by atoms with E-state index in [1.807, 2.05) is 12.3 Å². The van der Waals surface area contributed by atoms with Crippen LogP contribution in [0.4, 0.5) is 0 Å². The molecule has 1 atom stereocenters. The monoisotopic (exact) mass is 328 g/mol. The van der Waals surface area contributed by atoms with Crippen molar-refractivity contribution in [3.63, 3.8) is 0 Å². The number of amides is 1. The van der Waals surface area contributed by atoms with Gasteiger partial charge in [-0.2, -0.15) is 0 Å². The van der Waals surface area contributed by atoms with Crippen molar-refractivity contribution in [2.75, 3.05) is 6.61 Å². The summed E-state index contributed by atoms with van der Waals surface area (Å²) in [6, 6.07) is 6.51. The maximum atomic E-state index is 12.3. The molecule has 0 spiro atoms. The fourth-order valence-electron chi connectivity index (χ4n) is 2.56. The number of esters is 1. The van der Waals surface area contributed by atoms with E-state index in [9.17, 15) is 9.59 Å². The van der Waals surface area contributed by atoms with Gasteiger partial charge in [0.25, 0.3) is 5.91 Å². The second kappa shape index (κ2) is 7.25. The number of carbonyl (C=O) groups is 2. The third kappa shape index (κ3) is 3.61. The lowest BCUT2D eigenvalue weighted by Gasteiger charge is -2.09. The average Bonchev–Trinajstić information content (AvgIpc) is 3.23. The van der Waals surface area contributed by atoms with Crippen LogP contribution >= 0.6 is 0 Å². The number of rotatable bonds is 6. The van der Waals surface area contributed by atoms with E-state index in [0.717, 1.165) is 30.6 Å². The third-order valence-electron chi connectivity index (χ3n) is 3.94. The Labute approximate surface area is 140 Å². The average molecular weight is 328 g/mol. The molecule has 2 heterocycles. The highest BCUT2D eigenvalue weighted by molar-refractivity contribution is 5.97. The summed E-state index contributed by atoms with van der Waals surface area (Å²) < 4.78 is 6.51. The van der Waals surface area contributed by atoms with Crippen LogP contribution in [0.25, 0.3) is 5.69 Å². The van der Waals surface area contributed by atoms with Crippen molar-refractivity contribution < 1.29 is 14.3 Å². The fourth-order valence-corrected chi connectivity index (χ4v) is 2.56. The van der Waals surface area contributed by atoms with E-state index in [4.69, 9.17) is 4.74 Å². The van der Waals surface area contributed by atoms with Crippen molar-refractivity contribution in [2.45, 2.75) is 38.6 Å². The molecule has 7 nitrogen and oxygen atoms in total. The zero-order valence-corrected chi connectivity index (χ0v) is 13.6. The zero-order valence-electron chi connectivity index (χ0n) is 13.6. The molecule has 0 bridgehead atoms. The molecule has 2 aromatic rings. The van der Waals surface area contributed by atoms with Crippen LogP contribution in [0, 0.1) is 0 Å². The summed E-state index contributed by atoms with van der Waals surface area (Å²) >= 11 is 0. The van der Waals surface area contributed by atoms with Crippen LogP contribution < -0.4 is 5.32 Å². The molecule has 0 saturated carbocycles. The summed E-state index contributed by atoms with van der Waals surface area (Å²) in [5, 5.41) is 11.0. The molecule has 1 aliphatic heterocycles. The van der Waals surface area contributed by atoms with Gasteiger partial charge in [0, 0.05) is 12.0 Å². The van der Waals surface area contributed by atoms with Gasteiger partial charge in [-0.1, -0.05) is 24.6 Å². The van der Waals surface area contributed by atoms with Gasteiger partial charge in [-0.05, 0) is 31.0 Å². The van der Waals surface area contributed by atoms with E-state index < -0.39 is 6.04 Å². The topological polar surface area (TPSA) is 86.1 Å². The Morgan fingerprint density at radius 3 is 3.08 bits per heavy atom. The van der Waals surface area contributed by atoms with Crippen molar-refractivity contribution in [3.05, 3.63) is 41.7 Å². The minimum atomic E-state index is -0.562. The lowest BCUT2D eigenvalue weighted by molar-refractivity contribution is -0.139. The normalized spacial score (nSPS) is 16.9. The highest BCUT2D eigenvalue weighted by Crippen LogP contribution is 2.13. The molecule has 1 aromatic carbocycles. The molecule has 3 rings (SSSR count). The predicted octanol–water partition coefficient (Wildman–Crippen LogP) is 1.66. The smallest absolute Gasteiger partial charge is 0.328 e. The van der Waals surface area contributed by atoms with Gasteiger partial charge < -0.3 is 10.1 Å². The number of hydrogen-bond donors (Lipinski definition) is 1. The first kappa shape index (κ1) is 16.2. The minimum Gasteiger partial charge on any atom is -0.464 e. The molecule has 0 unspecified atom stereocenters. The lowest BCUT2D eigenvalue weighted by atomic mass is 10.1. The molecule has 1 aliphatic rings. The first-order chi connectivity index (χ1) is 11.7. The Balaban J connectivity index is 1.72. The quantitative estimate of drug-likeness (QED) is 0.815. The molecular weight excluding hydrogens is 308 g/mol. The van der Waals surface area contributed by atoms with Crippen LogP contribution in [0.15, 0.2) is 30.5 Å². The fraction of sp³-hybridized carbons (Fsp3) is 0.412. The Kier molecular flexibility index (Phi) is 4.88. The van der Waals surface area contributed by atoms with Crippen LogP contribution in [0.5, 0.6) is 0 Å². The summed E-state index contributed by atoms with van der Waals surface area (Å²) in [4.78, 5) is 23.8. The van der Waals surface area contributed by atoms with Gasteiger partial charge >= 0.3 is 5.97 Å². The van der Waals surface area contributed by atoms with Crippen LogP contribution in [0.2, 0.25) is 0 Å². The van der Waals surface area contributed by atoms with Crippen molar-refractivity contribution in [1.29, 1.82) is 0 Å². The maximum Gasteiger partial charge on any atom is 0.328 e. The van der Waals surface area contributed by atoms with Gasteiger partial charge in [-0.25, -0.2) is 9.48 Å². The summed E-state index contributed by atoms with van der Waals surface area (Å²) in [6.45, 7) is 2.48. The molecule has 24 heavy (non-hydrogen) atoms. The van der Waals surface area contributed by atoms with Gasteiger partial charge in [-0.15, -0.1) is 5.10 Å². The largest absolute Gasteiger partial charge is 0.464 e. The Hall–Kier alpha value is -2.70. The number of ether oxygens (including phenoxy) is 1. The Morgan fingerprint density at radius 1 is 1.46 bits per heavy atom. The summed E-state index contributed by atoms with van der Waals surface area (Å²) in [6.07, 6.45) is 5.44. The first-order valence-corrected chi connectivity index (χ1v) is 8.16. The predicted molar refractivity (Wildman–Crippen MR) is 86.8 cm³/mol. The molecule has 1 saturated heterocycles. The van der Waals surface area contributed by atoms with Crippen molar-refractivity contribution in [1.82, 2.24) is 20.3 Å². The second-order valence-electron chi connectivity index (χ2n) is 5.79. The van der Waals surface area contributed by atoms with E-state index in [-0.39, 0.29) is 11.9 Å². The molecule has 126 valence electrons. The number of hydrogen-bond acceptors (Lipinski definition) is 5. The van der Waals surface area contributed by atoms with Crippen molar-refractivity contribution >= 4 is 11.9 Å². The van der Waals surface area contributed by atoms with Crippen LogP contribution in [0.1, 0.15) is 42.2 Å². The number of aryl methyl sites for hydroxylation is 1. The highest BCUT2D eigenvalue weighted by Gasteiger charge is 2.28. The van der Waals surface area contributed by atoms with Gasteiger partial charge in [0.15, 0.2) is 0 Å². The summed E-state index contributed by atoms with van der Waals surface area (Å²) in [7, 11) is 0. The highest BCUT2D eigenvalue weighted by atomic mass is 16.5. The molecule has 0 radical (unpaired) electrons. The minimum absolute atomic E-state index is 0.299. The van der Waals surface area contributed by atoms with Crippen LogP contribution in [-0.4, -0.2) is 39.5 Å². The van der Waals surface area contributed by atoms with Gasteiger partial charge in [-0.3, -0.25) is 4.79 Å². The number of nitrogens with zero attached hydrogens (tertiary/aromatic N) is 3. The number of benzene rings is 1. The Bertz CT molecular complexity index is 741. The SMILES string of the molecule is CCCCc1cn(-c2cccc(C(=O)N[C@H]3CCOC3=O)c2)nn1. The van der Waals surface area contributed by atoms with Crippen LogP contribution in [-0.2, 0) is 16.0 Å². The summed E-state index contributed by atoms with van der Waals surface area (Å²) in [5.41, 5.74) is 2.16. The number of cyclic esters (lactones) is 1. The van der Waals surface area contributed by atoms with E-state index in [2.05, 4.69) is 22.6 Å². The standard InChI is InChI=1S/C17H20N4O3/c1-2-3-6-13-11-21(20-19-13)14-7-4-5-12(10-14)16(22)18-15-8-9-24-17(15)23/h4-5,7,10-11,15H,2-3,6,8-9H2,1H3,(H,18,22)/t15-/m0/s1. The van der Waals surface area contributed by atoms with Crippen molar-refractivity contribution in [2.24, 2.45) is 0 Å². The zero-order chi connectivity index (χ0) is 16.9. The van der Waals surface area contributed by atoms with E-state index in [1.54, 1.807) is 22.9 Å². The molecule has 1 N–H and O–H groups in total. The summed E-state index contributed by atoms with van der Waals surface area (Å²) in [5.74, 6) is -0.677. The molecule has 1 fully saturated rings. The van der Waals surface area contributed by atoms with Gasteiger partial charge in [0.1, 0.15) is 6.04 Å². The number of nitrogens with one attached hydrogen (secondary N) is 1. The van der Waals surface area contributed by atoms with E-state index >= 15 is 0 Å². The second-order valence-corrected chi connectivity index (χ2v) is 5.79. The lowest BCUT2D eigenvalue weighted by Crippen LogP contribution is -2.37. The van der Waals surface area contributed by atoms with Crippen molar-refractivity contribution in [3.8, 4) is 5.69 Å². The third-order valence-corrected chi connectivity index (χ3v) is 3.94. The number of carbonyl (C=O) groups excluding carboxylic acids is 2. The first-order valence-electron chi connectivity index (χ1n) is 8.16. The number of unbranched alkanes of at least 4 members (excludes halogenated alkanes) is 1. The molecule has 1 aromatic heterocycles. The molecule has 1 amide bonds. The Morgan fingerprint density at radius 2 is 2.33 bits per heavy atom. The van der Waals surface area contributed by atoms with Gasteiger partial charge in [0.2, 0.25) is 0 Å². The van der Waals surface area contributed by atoms with E-state index in [1.165, 1.54) is 0 Å². The van der Waals surface area contributed by atoms with Crippen LogP contribution in [0.3, 0.4) is 0 Å². The molecule has 7 heteroatoms. The van der Waals surface area contributed by atoms with Gasteiger partial charge in [0.05, 0.1) is 24.2 Å². The molecular formula is C17H20N4O3. The van der Waals surface area contributed by atoms with E-state index in [0.29, 0.717) is 18.6 Å².